The van der Waals surface area contributed by atoms with Crippen molar-refractivity contribution in [2.75, 3.05) is 42.6 Å². The fourth-order valence-electron chi connectivity index (χ4n) is 5.00. The van der Waals surface area contributed by atoms with E-state index >= 15 is 0 Å². The summed E-state index contributed by atoms with van der Waals surface area (Å²) in [6.07, 6.45) is 2.54. The summed E-state index contributed by atoms with van der Waals surface area (Å²) in [6.45, 7) is 7.08. The van der Waals surface area contributed by atoms with E-state index in [1.807, 2.05) is 12.1 Å². The highest BCUT2D eigenvalue weighted by Crippen LogP contribution is 2.48. The van der Waals surface area contributed by atoms with Gasteiger partial charge in [0.15, 0.2) is 0 Å². The first-order valence-electron chi connectivity index (χ1n) is 10.8. The quantitative estimate of drug-likeness (QED) is 0.747. The van der Waals surface area contributed by atoms with Gasteiger partial charge >= 0.3 is 0 Å². The smallest absolute Gasteiger partial charge is 0.243 e. The molecule has 3 heterocycles. The summed E-state index contributed by atoms with van der Waals surface area (Å²) in [5.74, 6) is 0. The van der Waals surface area contributed by atoms with Crippen LogP contribution in [0.1, 0.15) is 36.9 Å². The van der Waals surface area contributed by atoms with Crippen LogP contribution in [0, 0.1) is 6.92 Å². The van der Waals surface area contributed by atoms with E-state index in [2.05, 4.69) is 47.9 Å². The van der Waals surface area contributed by atoms with Gasteiger partial charge in [0.1, 0.15) is 6.17 Å². The highest BCUT2D eigenvalue weighted by atomic mass is 32.2. The molecule has 0 radical (unpaired) electrons. The number of aryl methyl sites for hydroxylation is 1. The lowest BCUT2D eigenvalue weighted by molar-refractivity contribution is 0.0730. The lowest BCUT2D eigenvalue weighted by Crippen LogP contribution is -2.41. The largest absolute Gasteiger partial charge is 0.379 e. The van der Waals surface area contributed by atoms with E-state index in [1.54, 1.807) is 10.4 Å². The Labute approximate surface area is 179 Å². The fourth-order valence-corrected chi connectivity index (χ4v) is 6.43. The number of anilines is 2. The zero-order chi connectivity index (χ0) is 20.9. The van der Waals surface area contributed by atoms with Gasteiger partial charge in [0.05, 0.1) is 35.5 Å². The highest BCUT2D eigenvalue weighted by Gasteiger charge is 2.42. The monoisotopic (exact) mass is 427 g/mol. The molecule has 0 spiro atoms. The van der Waals surface area contributed by atoms with E-state index in [-0.39, 0.29) is 12.2 Å². The van der Waals surface area contributed by atoms with Crippen molar-refractivity contribution in [3.8, 4) is 0 Å². The first-order valence-corrected chi connectivity index (χ1v) is 12.2. The van der Waals surface area contributed by atoms with Crippen molar-refractivity contribution >= 4 is 21.4 Å². The van der Waals surface area contributed by atoms with Gasteiger partial charge in [-0.1, -0.05) is 29.8 Å². The Kier molecular flexibility index (Phi) is 5.00. The van der Waals surface area contributed by atoms with Crippen molar-refractivity contribution in [1.82, 2.24) is 4.31 Å². The molecule has 3 aliphatic heterocycles. The molecule has 6 nitrogen and oxygen atoms in total. The second-order valence-corrected chi connectivity index (χ2v) is 10.4. The minimum atomic E-state index is -3.52. The van der Waals surface area contributed by atoms with E-state index in [0.717, 1.165) is 30.8 Å². The molecule has 0 aromatic heterocycles. The molecule has 3 aliphatic rings. The Hall–Kier alpha value is -2.09. The number of rotatable bonds is 4. The molecule has 0 amide bonds. The Balaban J connectivity index is 1.54. The predicted molar refractivity (Wildman–Crippen MR) is 118 cm³/mol. The third kappa shape index (κ3) is 3.20. The van der Waals surface area contributed by atoms with Crippen molar-refractivity contribution in [2.45, 2.75) is 43.8 Å². The van der Waals surface area contributed by atoms with Crippen molar-refractivity contribution in [2.24, 2.45) is 0 Å². The van der Waals surface area contributed by atoms with Crippen molar-refractivity contribution in [1.29, 1.82) is 0 Å². The maximum atomic E-state index is 13.3. The second-order valence-electron chi connectivity index (χ2n) is 8.48. The molecule has 7 heteroatoms. The van der Waals surface area contributed by atoms with Gasteiger partial charge in [-0.2, -0.15) is 4.31 Å². The number of fused-ring (bicyclic) bond motifs is 3. The van der Waals surface area contributed by atoms with E-state index < -0.39 is 10.0 Å². The fraction of sp³-hybridized carbons (Fsp3) is 0.478. The average Bonchev–Trinajstić information content (AvgIpc) is 3.34. The highest BCUT2D eigenvalue weighted by molar-refractivity contribution is 7.89. The van der Waals surface area contributed by atoms with Gasteiger partial charge in [-0.3, -0.25) is 0 Å². The molecule has 2 saturated heterocycles. The van der Waals surface area contributed by atoms with Gasteiger partial charge in [0, 0.05) is 19.6 Å². The Morgan fingerprint density at radius 2 is 1.73 bits per heavy atom. The minimum absolute atomic E-state index is 0.166. The van der Waals surface area contributed by atoms with Gasteiger partial charge < -0.3 is 14.5 Å². The summed E-state index contributed by atoms with van der Waals surface area (Å²) in [7, 11) is -3.52. The van der Waals surface area contributed by atoms with Crippen LogP contribution in [-0.4, -0.2) is 51.7 Å². The molecule has 2 aromatic rings. The predicted octanol–water partition coefficient (Wildman–Crippen LogP) is 3.52. The molecule has 5 rings (SSSR count). The Bertz CT molecular complexity index is 1030. The molecule has 2 fully saturated rings. The van der Waals surface area contributed by atoms with Crippen LogP contribution in [0.4, 0.5) is 11.4 Å². The first-order chi connectivity index (χ1) is 14.5. The van der Waals surface area contributed by atoms with Gasteiger partial charge in [0.2, 0.25) is 10.0 Å². The lowest BCUT2D eigenvalue weighted by Gasteiger charge is -2.33. The maximum absolute atomic E-state index is 13.3. The minimum Gasteiger partial charge on any atom is -0.379 e. The summed E-state index contributed by atoms with van der Waals surface area (Å²) < 4.78 is 33.4. The van der Waals surface area contributed by atoms with Crippen LogP contribution in [0.2, 0.25) is 0 Å². The first kappa shape index (κ1) is 19.8. The van der Waals surface area contributed by atoms with Crippen LogP contribution in [0.25, 0.3) is 0 Å². The molecule has 0 N–H and O–H groups in total. The van der Waals surface area contributed by atoms with Crippen LogP contribution in [0.15, 0.2) is 47.4 Å². The molecular weight excluding hydrogens is 398 g/mol. The van der Waals surface area contributed by atoms with Crippen LogP contribution in [0.5, 0.6) is 0 Å². The number of morpholine rings is 1. The van der Waals surface area contributed by atoms with Gasteiger partial charge in [-0.15, -0.1) is 0 Å². The number of hydrogen-bond donors (Lipinski definition) is 0. The standard InChI is InChI=1S/C23H29N3O3S/c1-17-5-7-19(8-6-17)18(2)26-22-16-20(30(27,28)24-12-14-29-15-13-24)9-10-21(22)25-11-3-4-23(25)26/h5-10,16,18,23H,3-4,11-15H2,1-2H3/t18-,23-/m0/s1. The molecule has 0 saturated carbocycles. The van der Waals surface area contributed by atoms with Gasteiger partial charge in [-0.25, -0.2) is 8.42 Å². The molecule has 2 aromatic carbocycles. The molecule has 160 valence electrons. The molecule has 30 heavy (non-hydrogen) atoms. The summed E-state index contributed by atoms with van der Waals surface area (Å²) in [5.41, 5.74) is 4.68. The summed E-state index contributed by atoms with van der Waals surface area (Å²) in [5, 5.41) is 0. The third-order valence-corrected chi connectivity index (χ3v) is 8.56. The van der Waals surface area contributed by atoms with Gasteiger partial charge in [0.25, 0.3) is 0 Å². The molecule has 0 unspecified atom stereocenters. The van der Waals surface area contributed by atoms with Crippen molar-refractivity contribution < 1.29 is 13.2 Å². The molecule has 2 atom stereocenters. The van der Waals surface area contributed by atoms with Crippen LogP contribution >= 0.6 is 0 Å². The summed E-state index contributed by atoms with van der Waals surface area (Å²) in [6, 6.07) is 14.5. The van der Waals surface area contributed by atoms with Crippen LogP contribution in [0.3, 0.4) is 0 Å². The number of sulfonamides is 1. The van der Waals surface area contributed by atoms with E-state index in [9.17, 15) is 8.42 Å². The average molecular weight is 428 g/mol. The maximum Gasteiger partial charge on any atom is 0.243 e. The third-order valence-electron chi connectivity index (χ3n) is 6.66. The Morgan fingerprint density at radius 3 is 2.47 bits per heavy atom. The zero-order valence-corrected chi connectivity index (χ0v) is 18.4. The second kappa shape index (κ2) is 7.55. The lowest BCUT2D eigenvalue weighted by atomic mass is 10.0. The SMILES string of the molecule is Cc1ccc([C@H](C)N2c3cc(S(=O)(=O)N4CCOCC4)ccc3N3CCC[C@@H]32)cc1. The van der Waals surface area contributed by atoms with Crippen molar-refractivity contribution in [3.05, 3.63) is 53.6 Å². The number of nitrogens with zero attached hydrogens (tertiary/aromatic N) is 3. The summed E-state index contributed by atoms with van der Waals surface area (Å²) in [4.78, 5) is 5.24. The number of benzene rings is 2. The number of ether oxygens (including phenoxy) is 1. The zero-order valence-electron chi connectivity index (χ0n) is 17.6. The molecular formula is C23H29N3O3S. The van der Waals surface area contributed by atoms with Crippen LogP contribution in [-0.2, 0) is 14.8 Å². The van der Waals surface area contributed by atoms with E-state index in [0.29, 0.717) is 31.2 Å². The topological polar surface area (TPSA) is 53.1 Å². The van der Waals surface area contributed by atoms with E-state index in [4.69, 9.17) is 4.74 Å². The normalized spacial score (nSPS) is 22.8. The van der Waals surface area contributed by atoms with Crippen LogP contribution < -0.4 is 9.80 Å². The van der Waals surface area contributed by atoms with Gasteiger partial charge in [-0.05, 0) is 50.5 Å². The molecule has 0 bridgehead atoms. The van der Waals surface area contributed by atoms with Crippen molar-refractivity contribution in [3.63, 3.8) is 0 Å². The number of hydrogen-bond acceptors (Lipinski definition) is 5. The summed E-state index contributed by atoms with van der Waals surface area (Å²) >= 11 is 0. The van der Waals surface area contributed by atoms with E-state index in [1.165, 1.54) is 11.1 Å². The molecule has 0 aliphatic carbocycles. The Morgan fingerprint density at radius 1 is 1.00 bits per heavy atom.